The van der Waals surface area contributed by atoms with Gasteiger partial charge in [-0.15, -0.1) is 4.91 Å². The highest BCUT2D eigenvalue weighted by atomic mass is 16.6. The molecule has 0 bridgehead atoms. The fraction of sp³-hybridized carbons (Fsp3) is 0.562. The van der Waals surface area contributed by atoms with Crippen molar-refractivity contribution in [1.82, 2.24) is 5.01 Å². The van der Waals surface area contributed by atoms with E-state index in [1.54, 1.807) is 0 Å². The highest BCUT2D eigenvalue weighted by Crippen LogP contribution is 2.25. The number of ether oxygens (including phenoxy) is 1. The number of carbonyl (C=O) groups excluding carboxylic acids is 1. The Labute approximate surface area is 154 Å². The van der Waals surface area contributed by atoms with Gasteiger partial charge in [0.05, 0.1) is 10.8 Å². The van der Waals surface area contributed by atoms with Gasteiger partial charge in [-0.2, -0.15) is 4.57 Å². The van der Waals surface area contributed by atoms with Gasteiger partial charge < -0.3 is 25.2 Å². The summed E-state index contributed by atoms with van der Waals surface area (Å²) in [5.41, 5.74) is 0.280. The summed E-state index contributed by atoms with van der Waals surface area (Å²) in [4.78, 5) is 33.8. The van der Waals surface area contributed by atoms with E-state index in [9.17, 15) is 29.8 Å². The summed E-state index contributed by atoms with van der Waals surface area (Å²) in [6.07, 6.45) is -4.79. The van der Waals surface area contributed by atoms with Crippen LogP contribution in [0.4, 0.5) is 0 Å². The summed E-state index contributed by atoms with van der Waals surface area (Å²) in [5, 5.41) is 42.8. The van der Waals surface area contributed by atoms with Crippen LogP contribution in [0.5, 0.6) is 0 Å². The minimum atomic E-state index is -1.79. The number of aliphatic hydroxyl groups is 3. The van der Waals surface area contributed by atoms with E-state index in [1.807, 2.05) is 0 Å². The fourth-order valence-electron chi connectivity index (χ4n) is 2.78. The molecule has 0 unspecified atom stereocenters. The van der Waals surface area contributed by atoms with Crippen LogP contribution >= 0.6 is 0 Å². The number of rotatable bonds is 8. The van der Waals surface area contributed by atoms with Crippen molar-refractivity contribution in [3.8, 4) is 0 Å². The zero-order chi connectivity index (χ0) is 20.1. The Morgan fingerprint density at radius 2 is 1.96 bits per heavy atom. The molecular formula is C16H22N3O8+. The number of carboxylic acid groups (broad SMARTS) is 1. The molecule has 0 amide bonds. The van der Waals surface area contributed by atoms with Crippen LogP contribution in [0, 0.1) is 4.91 Å². The van der Waals surface area contributed by atoms with Crippen molar-refractivity contribution in [2.75, 3.05) is 13.6 Å². The molecule has 11 heteroatoms. The van der Waals surface area contributed by atoms with Gasteiger partial charge in [0.2, 0.25) is 0 Å². The predicted octanol–water partition coefficient (Wildman–Crippen LogP) is -1.39. The Morgan fingerprint density at radius 3 is 2.59 bits per heavy atom. The Hall–Kier alpha value is -2.47. The lowest BCUT2D eigenvalue weighted by atomic mass is 9.97. The lowest BCUT2D eigenvalue weighted by Gasteiger charge is -2.35. The zero-order valence-electron chi connectivity index (χ0n) is 14.6. The number of hydrogen-bond donors (Lipinski definition) is 4. The van der Waals surface area contributed by atoms with E-state index in [4.69, 9.17) is 9.84 Å². The Balaban J connectivity index is 2.14. The fourth-order valence-corrected chi connectivity index (χ4v) is 2.78. The molecule has 0 radical (unpaired) electrons. The molecule has 2 rings (SSSR count). The van der Waals surface area contributed by atoms with Crippen molar-refractivity contribution in [2.45, 2.75) is 43.5 Å². The van der Waals surface area contributed by atoms with Crippen LogP contribution < -0.4 is 4.57 Å². The monoisotopic (exact) mass is 384 g/mol. The predicted molar refractivity (Wildman–Crippen MR) is 88.2 cm³/mol. The molecule has 148 valence electrons. The molecule has 1 saturated heterocycles. The lowest BCUT2D eigenvalue weighted by Crippen LogP contribution is -2.63. The third-order valence-corrected chi connectivity index (χ3v) is 4.29. The first kappa shape index (κ1) is 20.8. The van der Waals surface area contributed by atoms with Gasteiger partial charge >= 0.3 is 5.97 Å². The van der Waals surface area contributed by atoms with Gasteiger partial charge in [-0.05, 0) is 12.5 Å². The standard InChI is InChI=1S/C16H21N3O8/c1-18(17-26)6-3-5-10(20)9-4-2-7-19(8-9)15-13(23)11(21)12(22)14(27-15)16(24)25/h2,4,7-8,11-15,21-23H,3,5-6H2,1H3/p+1/t11-,12-,13-,14+,15+/m0/s1. The Morgan fingerprint density at radius 1 is 1.26 bits per heavy atom. The topological polar surface area (TPSA) is 161 Å². The van der Waals surface area contributed by atoms with Crippen LogP contribution in [-0.4, -0.2) is 75.2 Å². The largest absolute Gasteiger partial charge is 0.479 e. The van der Waals surface area contributed by atoms with Crippen molar-refractivity contribution in [3.63, 3.8) is 0 Å². The maximum atomic E-state index is 12.3. The Bertz CT molecular complexity index is 700. The summed E-state index contributed by atoms with van der Waals surface area (Å²) in [5.74, 6) is -1.72. The van der Waals surface area contributed by atoms with Gasteiger partial charge in [-0.1, -0.05) is 0 Å². The van der Waals surface area contributed by atoms with E-state index in [0.717, 1.165) is 0 Å². The number of carboxylic acids is 1. The van der Waals surface area contributed by atoms with Crippen molar-refractivity contribution in [1.29, 1.82) is 0 Å². The van der Waals surface area contributed by atoms with Crippen LogP contribution in [0.1, 0.15) is 29.4 Å². The number of aliphatic hydroxyl groups excluding tert-OH is 3. The van der Waals surface area contributed by atoms with Crippen molar-refractivity contribution >= 4 is 11.8 Å². The molecule has 0 saturated carbocycles. The van der Waals surface area contributed by atoms with Gasteiger partial charge in [-0.25, -0.2) is 4.79 Å². The van der Waals surface area contributed by atoms with E-state index < -0.39 is 36.6 Å². The summed E-state index contributed by atoms with van der Waals surface area (Å²) < 4.78 is 6.49. The van der Waals surface area contributed by atoms with Crippen LogP contribution in [0.25, 0.3) is 0 Å². The number of nitrogens with zero attached hydrogens (tertiary/aromatic N) is 3. The van der Waals surface area contributed by atoms with Gasteiger partial charge in [0.25, 0.3) is 6.23 Å². The van der Waals surface area contributed by atoms with Crippen LogP contribution in [0.3, 0.4) is 0 Å². The molecule has 1 aliphatic rings. The van der Waals surface area contributed by atoms with Gasteiger partial charge in [0.1, 0.15) is 12.2 Å². The van der Waals surface area contributed by atoms with E-state index in [-0.39, 0.29) is 17.8 Å². The minimum absolute atomic E-state index is 0.150. The van der Waals surface area contributed by atoms with Crippen LogP contribution in [-0.2, 0) is 9.53 Å². The summed E-state index contributed by atoms with van der Waals surface area (Å²) in [7, 11) is 1.49. The zero-order valence-corrected chi connectivity index (χ0v) is 14.6. The van der Waals surface area contributed by atoms with E-state index in [2.05, 4.69) is 5.29 Å². The molecule has 2 heterocycles. The number of nitroso groups, excluding NO2 is 1. The number of ketones is 1. The van der Waals surface area contributed by atoms with Crippen LogP contribution in [0.15, 0.2) is 29.8 Å². The molecule has 27 heavy (non-hydrogen) atoms. The van der Waals surface area contributed by atoms with Crippen molar-refractivity contribution in [3.05, 3.63) is 35.0 Å². The number of Topliss-reactive ketones (excluding diaryl/α,β-unsaturated/α-hetero) is 1. The van der Waals surface area contributed by atoms with E-state index in [0.29, 0.717) is 13.0 Å². The molecule has 5 atom stereocenters. The molecular weight excluding hydrogens is 362 g/mol. The number of pyridine rings is 1. The smallest absolute Gasteiger partial charge is 0.335 e. The molecule has 11 nitrogen and oxygen atoms in total. The van der Waals surface area contributed by atoms with Crippen molar-refractivity contribution in [2.24, 2.45) is 5.29 Å². The maximum absolute atomic E-state index is 12.3. The third kappa shape index (κ3) is 4.83. The molecule has 0 aromatic carbocycles. The average molecular weight is 384 g/mol. The highest BCUT2D eigenvalue weighted by molar-refractivity contribution is 5.95. The molecule has 0 spiro atoms. The first-order valence-corrected chi connectivity index (χ1v) is 8.27. The quantitative estimate of drug-likeness (QED) is 0.183. The molecule has 1 aromatic heterocycles. The number of carbonyl (C=O) groups is 2. The van der Waals surface area contributed by atoms with E-state index in [1.165, 1.54) is 41.2 Å². The molecule has 4 N–H and O–H groups in total. The van der Waals surface area contributed by atoms with Crippen LogP contribution in [0.2, 0.25) is 0 Å². The lowest BCUT2D eigenvalue weighted by molar-refractivity contribution is -0.777. The highest BCUT2D eigenvalue weighted by Gasteiger charge is 2.51. The first-order valence-electron chi connectivity index (χ1n) is 8.27. The minimum Gasteiger partial charge on any atom is -0.479 e. The number of hydrogen-bond acceptors (Lipinski definition) is 8. The number of aliphatic carboxylic acids is 1. The summed E-state index contributed by atoms with van der Waals surface area (Å²) in [6.45, 7) is 0.316. The Kier molecular flexibility index (Phi) is 6.91. The molecule has 1 aliphatic heterocycles. The van der Waals surface area contributed by atoms with Gasteiger partial charge in [0, 0.05) is 26.1 Å². The molecule has 0 aliphatic carbocycles. The third-order valence-electron chi connectivity index (χ3n) is 4.29. The maximum Gasteiger partial charge on any atom is 0.335 e. The first-order chi connectivity index (χ1) is 12.8. The second-order valence-corrected chi connectivity index (χ2v) is 6.29. The SMILES string of the molecule is CN(CCCC(=O)c1ccc[n+]([C@@H]2O[C@@H](C(=O)O)[C@@H](O)[C@H](O)[C@@H]2O)c1)N=O. The van der Waals surface area contributed by atoms with Gasteiger partial charge in [-0.3, -0.25) is 9.80 Å². The second kappa shape index (κ2) is 8.95. The molecule has 1 fully saturated rings. The normalized spacial score (nSPS) is 27.8. The molecule has 1 aromatic rings. The average Bonchev–Trinajstić information content (AvgIpc) is 2.65. The number of aromatic nitrogens is 1. The summed E-state index contributed by atoms with van der Waals surface area (Å²) in [6, 6.07) is 3.05. The second-order valence-electron chi connectivity index (χ2n) is 6.29. The van der Waals surface area contributed by atoms with Crippen molar-refractivity contribution < 1.29 is 39.3 Å². The van der Waals surface area contributed by atoms with Gasteiger partial charge in [0.15, 0.2) is 30.4 Å². The summed E-state index contributed by atoms with van der Waals surface area (Å²) >= 11 is 0. The van der Waals surface area contributed by atoms with E-state index >= 15 is 0 Å².